The molecule has 0 spiro atoms. The zero-order valence-electron chi connectivity index (χ0n) is 20.5. The van der Waals surface area contributed by atoms with Crippen molar-refractivity contribution in [3.8, 4) is 11.1 Å². The normalized spacial score (nSPS) is 13.0. The van der Waals surface area contributed by atoms with E-state index in [-0.39, 0.29) is 23.6 Å². The lowest BCUT2D eigenvalue weighted by Crippen LogP contribution is -2.45. The van der Waals surface area contributed by atoms with Gasteiger partial charge in [0.25, 0.3) is 0 Å². The number of thiol groups is 1. The number of amides is 1. The Morgan fingerprint density at radius 2 is 1.60 bits per heavy atom. The first-order valence-electron chi connectivity index (χ1n) is 12.0. The van der Waals surface area contributed by atoms with E-state index < -0.39 is 11.6 Å². The molecule has 2 atom stereocenters. The van der Waals surface area contributed by atoms with E-state index in [1.165, 1.54) is 35.7 Å². The van der Waals surface area contributed by atoms with Gasteiger partial charge in [0.05, 0.1) is 0 Å². The Kier molecular flexibility index (Phi) is 9.87. The molecule has 0 saturated heterocycles. The van der Waals surface area contributed by atoms with E-state index >= 15 is 0 Å². The Balaban J connectivity index is 1.73. The summed E-state index contributed by atoms with van der Waals surface area (Å²) in [7, 11) is 0. The number of hydrogen-bond donors (Lipinski definition) is 3. The maximum Gasteiger partial charge on any atom is 0.217 e. The Hall–Kier alpha value is -2.70. The topological polar surface area (TPSA) is 41.1 Å². The van der Waals surface area contributed by atoms with Crippen molar-refractivity contribution in [3.05, 3.63) is 95.1 Å². The molecule has 0 radical (unpaired) electrons. The molecular weight excluding hydrogens is 462 g/mol. The molecule has 3 aromatic carbocycles. The van der Waals surface area contributed by atoms with Crippen LogP contribution in [0.15, 0.2) is 66.7 Å². The fourth-order valence-corrected chi connectivity index (χ4v) is 4.62. The number of halogens is 2. The van der Waals surface area contributed by atoms with Gasteiger partial charge in [0.2, 0.25) is 5.91 Å². The number of rotatable bonds is 11. The number of hydrogen-bond acceptors (Lipinski definition) is 3. The van der Waals surface area contributed by atoms with Gasteiger partial charge in [0.1, 0.15) is 11.6 Å². The number of nitrogens with one attached hydrogen (secondary N) is 2. The molecule has 3 nitrogen and oxygen atoms in total. The molecule has 3 aromatic rings. The van der Waals surface area contributed by atoms with E-state index in [4.69, 9.17) is 12.6 Å². The van der Waals surface area contributed by atoms with Crippen molar-refractivity contribution in [1.29, 1.82) is 0 Å². The standard InChI is InChI=1S/C29H34F2N2OS/c1-19(2)11-21-9-10-27(23-7-5-4-6-8-23)24(12-21)17-32-18-29(35)28(33-20(3)34)15-22-13-25(30)16-26(31)14-22/h4-10,12-14,16,19,28-29,32,35H,11,15,17-18H2,1-3H3,(H,33,34)/t28?,29-/m1/s1. The summed E-state index contributed by atoms with van der Waals surface area (Å²) in [5.74, 6) is -0.916. The number of carbonyl (C=O) groups excluding carboxylic acids is 1. The van der Waals surface area contributed by atoms with Crippen LogP contribution in [0.4, 0.5) is 8.78 Å². The SMILES string of the molecule is CC(=O)NC(Cc1cc(F)cc(F)c1)[C@H](S)CNCc1cc(CC(C)C)ccc1-c1ccccc1. The molecular formula is C29H34F2N2OS. The first-order chi connectivity index (χ1) is 16.7. The second kappa shape index (κ2) is 12.8. The lowest BCUT2D eigenvalue weighted by atomic mass is 9.94. The van der Waals surface area contributed by atoms with Crippen LogP contribution in [-0.4, -0.2) is 23.7 Å². The monoisotopic (exact) mass is 496 g/mol. The smallest absolute Gasteiger partial charge is 0.217 e. The van der Waals surface area contributed by atoms with Gasteiger partial charge < -0.3 is 10.6 Å². The molecule has 6 heteroatoms. The van der Waals surface area contributed by atoms with Crippen LogP contribution in [0, 0.1) is 17.6 Å². The highest BCUT2D eigenvalue weighted by Gasteiger charge is 2.20. The summed E-state index contributed by atoms with van der Waals surface area (Å²) in [5.41, 5.74) is 5.30. The van der Waals surface area contributed by atoms with Gasteiger partial charge in [-0.3, -0.25) is 4.79 Å². The van der Waals surface area contributed by atoms with Crippen LogP contribution in [-0.2, 0) is 24.2 Å². The molecule has 1 amide bonds. The average Bonchev–Trinajstić information content (AvgIpc) is 2.78. The molecule has 0 bridgehead atoms. The van der Waals surface area contributed by atoms with Gasteiger partial charge in [-0.2, -0.15) is 12.6 Å². The van der Waals surface area contributed by atoms with Crippen molar-refractivity contribution in [1.82, 2.24) is 10.6 Å². The fraction of sp³-hybridized carbons (Fsp3) is 0.345. The van der Waals surface area contributed by atoms with Crippen molar-refractivity contribution in [2.24, 2.45) is 5.92 Å². The van der Waals surface area contributed by atoms with Crippen molar-refractivity contribution in [3.63, 3.8) is 0 Å². The Bertz CT molecular complexity index is 1100. The molecule has 1 unspecified atom stereocenters. The second-order valence-corrected chi connectivity index (χ2v) is 10.1. The number of carbonyl (C=O) groups is 1. The van der Waals surface area contributed by atoms with Gasteiger partial charge >= 0.3 is 0 Å². The maximum atomic E-state index is 13.7. The molecule has 0 aliphatic carbocycles. The molecule has 35 heavy (non-hydrogen) atoms. The van der Waals surface area contributed by atoms with Crippen molar-refractivity contribution in [2.75, 3.05) is 6.54 Å². The highest BCUT2D eigenvalue weighted by atomic mass is 32.1. The minimum absolute atomic E-state index is 0.210. The largest absolute Gasteiger partial charge is 0.352 e. The maximum absolute atomic E-state index is 13.7. The summed E-state index contributed by atoms with van der Waals surface area (Å²) in [6.45, 7) is 6.99. The third kappa shape index (κ3) is 8.48. The molecule has 0 aliphatic rings. The van der Waals surface area contributed by atoms with Crippen LogP contribution < -0.4 is 10.6 Å². The van der Waals surface area contributed by atoms with Crippen LogP contribution in [0.25, 0.3) is 11.1 Å². The van der Waals surface area contributed by atoms with Gasteiger partial charge in [-0.05, 0) is 58.7 Å². The van der Waals surface area contributed by atoms with E-state index in [0.29, 0.717) is 24.6 Å². The average molecular weight is 497 g/mol. The summed E-state index contributed by atoms with van der Waals surface area (Å²) in [6, 6.07) is 19.9. The van der Waals surface area contributed by atoms with E-state index in [0.717, 1.165) is 18.1 Å². The molecule has 3 rings (SSSR count). The fourth-order valence-electron chi connectivity index (χ4n) is 4.32. The minimum atomic E-state index is -0.634. The molecule has 0 fully saturated rings. The Morgan fingerprint density at radius 3 is 2.23 bits per heavy atom. The van der Waals surface area contributed by atoms with E-state index in [1.54, 1.807) is 0 Å². The third-order valence-corrected chi connectivity index (χ3v) is 6.34. The van der Waals surface area contributed by atoms with Crippen LogP contribution in [0.1, 0.15) is 37.5 Å². The zero-order chi connectivity index (χ0) is 25.4. The molecule has 0 heterocycles. The third-order valence-electron chi connectivity index (χ3n) is 5.80. The minimum Gasteiger partial charge on any atom is -0.352 e. The Morgan fingerprint density at radius 1 is 0.914 bits per heavy atom. The predicted molar refractivity (Wildman–Crippen MR) is 143 cm³/mol. The summed E-state index contributed by atoms with van der Waals surface area (Å²) >= 11 is 4.72. The van der Waals surface area contributed by atoms with Crippen LogP contribution >= 0.6 is 12.6 Å². The highest BCUT2D eigenvalue weighted by molar-refractivity contribution is 7.81. The van der Waals surface area contributed by atoms with Crippen molar-refractivity contribution < 1.29 is 13.6 Å². The summed E-state index contributed by atoms with van der Waals surface area (Å²) in [6.07, 6.45) is 1.29. The van der Waals surface area contributed by atoms with Gasteiger partial charge in [-0.25, -0.2) is 8.78 Å². The van der Waals surface area contributed by atoms with Crippen LogP contribution in [0.5, 0.6) is 0 Å². The molecule has 0 aromatic heterocycles. The second-order valence-electron chi connectivity index (χ2n) is 9.44. The van der Waals surface area contributed by atoms with E-state index in [1.807, 2.05) is 18.2 Å². The van der Waals surface area contributed by atoms with Crippen molar-refractivity contribution >= 4 is 18.5 Å². The molecule has 0 saturated carbocycles. The lowest BCUT2D eigenvalue weighted by molar-refractivity contribution is -0.119. The summed E-state index contributed by atoms with van der Waals surface area (Å²) in [5, 5.41) is 6.10. The first kappa shape index (κ1) is 26.9. The van der Waals surface area contributed by atoms with Gasteiger partial charge in [0, 0.05) is 37.4 Å². The van der Waals surface area contributed by atoms with Gasteiger partial charge in [0.15, 0.2) is 0 Å². The van der Waals surface area contributed by atoms with Crippen LogP contribution in [0.3, 0.4) is 0 Å². The zero-order valence-corrected chi connectivity index (χ0v) is 21.4. The predicted octanol–water partition coefficient (Wildman–Crippen LogP) is 5.97. The summed E-state index contributed by atoms with van der Waals surface area (Å²) in [4.78, 5) is 11.8. The Labute approximate surface area is 212 Å². The molecule has 186 valence electrons. The van der Waals surface area contributed by atoms with Crippen molar-refractivity contribution in [2.45, 2.75) is 51.4 Å². The quantitative estimate of drug-likeness (QED) is 0.287. The first-order valence-corrected chi connectivity index (χ1v) is 12.5. The summed E-state index contributed by atoms with van der Waals surface area (Å²) < 4.78 is 27.3. The van der Waals surface area contributed by atoms with Gasteiger partial charge in [-0.15, -0.1) is 0 Å². The lowest BCUT2D eigenvalue weighted by Gasteiger charge is -2.25. The molecule has 2 N–H and O–H groups in total. The van der Waals surface area contributed by atoms with Gasteiger partial charge in [-0.1, -0.05) is 62.4 Å². The number of benzene rings is 3. The highest BCUT2D eigenvalue weighted by Crippen LogP contribution is 2.26. The van der Waals surface area contributed by atoms with Crippen LogP contribution in [0.2, 0.25) is 0 Å². The van der Waals surface area contributed by atoms with E-state index in [9.17, 15) is 13.6 Å². The van der Waals surface area contributed by atoms with E-state index in [2.05, 4.69) is 54.8 Å². The molecule has 0 aliphatic heterocycles.